The first kappa shape index (κ1) is 12.4. The number of hydrogen-bond donors (Lipinski definition) is 0. The molecule has 3 heterocycles. The van der Waals surface area contributed by atoms with Crippen LogP contribution in [0.2, 0.25) is 0 Å². The van der Waals surface area contributed by atoms with E-state index in [-0.39, 0.29) is 0 Å². The van der Waals surface area contributed by atoms with Crippen molar-refractivity contribution in [2.75, 3.05) is 0 Å². The molecule has 0 N–H and O–H groups in total. The zero-order valence-corrected chi connectivity index (χ0v) is 15.0. The highest BCUT2D eigenvalue weighted by Gasteiger charge is 2.25. The van der Waals surface area contributed by atoms with Crippen LogP contribution in [0.25, 0.3) is 28.0 Å². The van der Waals surface area contributed by atoms with Crippen LogP contribution in [0.15, 0.2) is 42.7 Å². The number of nitrogens with zero attached hydrogens (tertiary/aromatic N) is 4. The maximum Gasteiger partial charge on any atom is 0.286 e. The number of aromatic nitrogens is 4. The van der Waals surface area contributed by atoms with Crippen molar-refractivity contribution in [1.29, 1.82) is 0 Å². The summed E-state index contributed by atoms with van der Waals surface area (Å²) >= 11 is 0. The molecule has 4 nitrogen and oxygen atoms in total. The van der Waals surface area contributed by atoms with Crippen LogP contribution in [0.3, 0.4) is 0 Å². The maximum atomic E-state index is 8.31. The fourth-order valence-corrected chi connectivity index (χ4v) is 3.92. The Kier molecular flexibility index (Phi) is 2.49. The van der Waals surface area contributed by atoms with Crippen molar-refractivity contribution in [3.8, 4) is 16.9 Å². The Bertz CT molecular complexity index is 1300. The van der Waals surface area contributed by atoms with Gasteiger partial charge >= 0.3 is 0 Å². The van der Waals surface area contributed by atoms with Crippen LogP contribution in [0, 0.1) is 20.7 Å². The lowest BCUT2D eigenvalue weighted by atomic mass is 9.98. The topological polar surface area (TPSA) is 34.6 Å². The van der Waals surface area contributed by atoms with Crippen molar-refractivity contribution < 1.29 is 8.68 Å². The monoisotopic (exact) mass is 344 g/mol. The van der Waals surface area contributed by atoms with Gasteiger partial charge in [0, 0.05) is 29.1 Å². The van der Waals surface area contributed by atoms with Gasteiger partial charge in [-0.25, -0.2) is 9.55 Å². The number of imidazole rings is 1. The minimum atomic E-state index is -2.26. The highest BCUT2D eigenvalue weighted by atomic mass is 15.1. The number of fused-ring (bicyclic) bond motifs is 5. The van der Waals surface area contributed by atoms with E-state index in [9.17, 15) is 0 Å². The predicted molar refractivity (Wildman–Crippen MR) is 102 cm³/mol. The molecule has 0 bridgehead atoms. The van der Waals surface area contributed by atoms with Gasteiger partial charge in [0.1, 0.15) is 11.5 Å². The quantitative estimate of drug-likeness (QED) is 0.434. The molecular formula is C22H21N4+. The van der Waals surface area contributed by atoms with Gasteiger partial charge in [-0.05, 0) is 42.6 Å². The first-order chi connectivity index (χ1) is 13.8. The fraction of sp³-hybridized carbons (Fsp3) is 0.227. The smallest absolute Gasteiger partial charge is 0.286 e. The predicted octanol–water partition coefficient (Wildman–Crippen LogP) is 3.74. The molecule has 0 amide bonds. The van der Waals surface area contributed by atoms with E-state index in [0.717, 1.165) is 39.5 Å². The van der Waals surface area contributed by atoms with E-state index in [1.54, 1.807) is 6.33 Å². The van der Waals surface area contributed by atoms with Gasteiger partial charge < -0.3 is 0 Å². The van der Waals surface area contributed by atoms with Crippen molar-refractivity contribution >= 4 is 11.0 Å². The van der Waals surface area contributed by atoms with Crippen molar-refractivity contribution in [1.82, 2.24) is 14.5 Å². The lowest BCUT2D eigenvalue weighted by Gasteiger charge is -2.12. The third kappa shape index (κ3) is 1.99. The van der Waals surface area contributed by atoms with Crippen LogP contribution in [-0.2, 0) is 13.5 Å². The molecule has 26 heavy (non-hydrogen) atoms. The minimum Gasteiger partial charge on any atom is -0.295 e. The van der Waals surface area contributed by atoms with E-state index in [4.69, 9.17) is 9.10 Å². The molecule has 0 radical (unpaired) electrons. The summed E-state index contributed by atoms with van der Waals surface area (Å²) in [6, 6.07) is 12.1. The first-order valence-electron chi connectivity index (χ1n) is 10.2. The Labute approximate surface area is 157 Å². The Morgan fingerprint density at radius 2 is 2.00 bits per heavy atom. The SMILES string of the molecule is [2H]C([2H])([2H])c1c(C)c(-c2cc(C)nc[n+]2C)cc2nc3n(c12)-c1ccccc1C3. The lowest BCUT2D eigenvalue weighted by molar-refractivity contribution is -0.663. The van der Waals surface area contributed by atoms with Gasteiger partial charge in [0.15, 0.2) is 5.69 Å². The van der Waals surface area contributed by atoms with Gasteiger partial charge in [0.25, 0.3) is 6.33 Å². The first-order valence-corrected chi connectivity index (χ1v) is 8.72. The summed E-state index contributed by atoms with van der Waals surface area (Å²) in [5.41, 5.74) is 7.42. The molecule has 1 aliphatic heterocycles. The second-order valence-electron chi connectivity index (χ2n) is 6.99. The molecule has 5 rings (SSSR count). The normalized spacial score (nSPS) is 14.7. The van der Waals surface area contributed by atoms with Crippen LogP contribution in [-0.4, -0.2) is 14.5 Å². The molecule has 0 spiro atoms. The number of rotatable bonds is 1. The van der Waals surface area contributed by atoms with Crippen LogP contribution in [0.4, 0.5) is 0 Å². The van der Waals surface area contributed by atoms with E-state index in [1.807, 2.05) is 60.4 Å². The van der Waals surface area contributed by atoms with E-state index in [2.05, 4.69) is 11.1 Å². The zero-order valence-electron chi connectivity index (χ0n) is 18.0. The molecule has 0 saturated carbocycles. The molecule has 2 aromatic carbocycles. The lowest BCUT2D eigenvalue weighted by Crippen LogP contribution is -2.31. The number of hydrogen-bond acceptors (Lipinski definition) is 2. The Morgan fingerprint density at radius 3 is 2.85 bits per heavy atom. The van der Waals surface area contributed by atoms with Crippen LogP contribution in [0.1, 0.15) is 32.3 Å². The third-order valence-corrected chi connectivity index (χ3v) is 5.29. The average Bonchev–Trinajstić information content (AvgIpc) is 3.18. The van der Waals surface area contributed by atoms with E-state index >= 15 is 0 Å². The fourth-order valence-electron chi connectivity index (χ4n) is 3.92. The van der Waals surface area contributed by atoms with Gasteiger partial charge in [-0.15, -0.1) is 0 Å². The minimum absolute atomic E-state index is 0.370. The summed E-state index contributed by atoms with van der Waals surface area (Å²) in [5.74, 6) is 0.888. The van der Waals surface area contributed by atoms with Crippen molar-refractivity contribution in [2.45, 2.75) is 27.1 Å². The summed E-state index contributed by atoms with van der Waals surface area (Å²) in [6.07, 6.45) is 2.47. The summed E-state index contributed by atoms with van der Waals surface area (Å²) < 4.78 is 28.9. The van der Waals surface area contributed by atoms with Crippen molar-refractivity contribution in [3.63, 3.8) is 0 Å². The number of para-hydroxylation sites is 1. The second kappa shape index (κ2) is 5.24. The Balaban J connectivity index is 1.90. The molecule has 0 unspecified atom stereocenters. The molecule has 0 saturated heterocycles. The van der Waals surface area contributed by atoms with E-state index < -0.39 is 6.85 Å². The molecule has 2 aromatic heterocycles. The average molecular weight is 344 g/mol. The van der Waals surface area contributed by atoms with E-state index in [1.165, 1.54) is 5.56 Å². The number of benzene rings is 2. The number of aryl methyl sites for hydroxylation is 3. The zero-order chi connectivity index (χ0) is 20.5. The van der Waals surface area contributed by atoms with Crippen LogP contribution >= 0.6 is 0 Å². The van der Waals surface area contributed by atoms with Crippen LogP contribution < -0.4 is 4.57 Å². The Morgan fingerprint density at radius 1 is 1.15 bits per heavy atom. The molecule has 128 valence electrons. The molecule has 0 fully saturated rings. The van der Waals surface area contributed by atoms with Gasteiger partial charge in [-0.2, -0.15) is 0 Å². The molecule has 1 aliphatic rings. The standard InChI is InChI=1S/C22H21N4/c1-13-9-20(25(4)12-23-13)17-11-18-22(15(3)14(17)2)26-19-8-6-5-7-16(19)10-21(26)24-18/h5-9,11-12H,10H2,1-4H3/q+1/i3D3. The highest BCUT2D eigenvalue weighted by Crippen LogP contribution is 2.37. The van der Waals surface area contributed by atoms with Gasteiger partial charge in [0.2, 0.25) is 0 Å². The van der Waals surface area contributed by atoms with Crippen molar-refractivity contribution in [2.24, 2.45) is 7.05 Å². The molecule has 0 aliphatic carbocycles. The molecular weight excluding hydrogens is 320 g/mol. The largest absolute Gasteiger partial charge is 0.295 e. The van der Waals surface area contributed by atoms with Gasteiger partial charge in [-0.3, -0.25) is 4.57 Å². The van der Waals surface area contributed by atoms with Gasteiger partial charge in [-0.1, -0.05) is 23.2 Å². The summed E-state index contributed by atoms with van der Waals surface area (Å²) in [4.78, 5) is 9.18. The highest BCUT2D eigenvalue weighted by molar-refractivity contribution is 5.89. The molecule has 4 aromatic rings. The van der Waals surface area contributed by atoms with Crippen LogP contribution in [0.5, 0.6) is 0 Å². The third-order valence-electron chi connectivity index (χ3n) is 5.29. The maximum absolute atomic E-state index is 8.31. The summed E-state index contributed by atoms with van der Waals surface area (Å²) in [6.45, 7) is 1.57. The van der Waals surface area contributed by atoms with Crippen molar-refractivity contribution in [3.05, 3.63) is 70.9 Å². The molecule has 4 heteroatoms. The molecule has 0 atom stereocenters. The summed E-state index contributed by atoms with van der Waals surface area (Å²) in [7, 11) is 1.92. The summed E-state index contributed by atoms with van der Waals surface area (Å²) in [5, 5.41) is 0. The van der Waals surface area contributed by atoms with E-state index in [0.29, 0.717) is 17.5 Å². The Hall–Kier alpha value is -3.01. The second-order valence-corrected chi connectivity index (χ2v) is 6.99. The van der Waals surface area contributed by atoms with Gasteiger partial charge in [0.05, 0.1) is 23.8 Å².